The fourth-order valence-corrected chi connectivity index (χ4v) is 2.86. The van der Waals surface area contributed by atoms with E-state index in [1.54, 1.807) is 6.08 Å². The first-order chi connectivity index (χ1) is 12.8. The molecule has 0 bridgehead atoms. The number of likely N-dealkylation sites (N-methyl/N-ethyl adjacent to an activating group) is 2. The molecule has 0 radical (unpaired) electrons. The molecule has 0 aromatic rings. The molecule has 1 unspecified atom stereocenters. The lowest BCUT2D eigenvalue weighted by Gasteiger charge is -2.17. The molecular formula is C22H36N2O3. The summed E-state index contributed by atoms with van der Waals surface area (Å²) < 4.78 is 0. The zero-order valence-electron chi connectivity index (χ0n) is 17.6. The van der Waals surface area contributed by atoms with Crippen molar-refractivity contribution in [2.75, 3.05) is 26.2 Å². The van der Waals surface area contributed by atoms with Crippen molar-refractivity contribution >= 4 is 17.5 Å². The Morgan fingerprint density at radius 1 is 1.15 bits per heavy atom. The van der Waals surface area contributed by atoms with Crippen LogP contribution < -0.4 is 5.32 Å². The normalized spacial score (nSPS) is 16.2. The number of ketones is 2. The molecule has 5 heteroatoms. The minimum absolute atomic E-state index is 0.00000632. The SMILES string of the molecule is CCNC(=O)CN(CC)C/C=C/C(=O)C(C)C/C=C(/C(=O)C(C)C)C1CC1. The van der Waals surface area contributed by atoms with E-state index in [1.807, 2.05) is 51.7 Å². The maximum Gasteiger partial charge on any atom is 0.234 e. The van der Waals surface area contributed by atoms with E-state index >= 15 is 0 Å². The van der Waals surface area contributed by atoms with E-state index < -0.39 is 0 Å². The first-order valence-corrected chi connectivity index (χ1v) is 10.2. The summed E-state index contributed by atoms with van der Waals surface area (Å²) in [5.41, 5.74) is 0.924. The van der Waals surface area contributed by atoms with Gasteiger partial charge in [0.2, 0.25) is 5.91 Å². The molecule has 0 spiro atoms. The highest BCUT2D eigenvalue weighted by Crippen LogP contribution is 2.38. The Bertz CT molecular complexity index is 574. The molecule has 1 aliphatic carbocycles. The zero-order chi connectivity index (χ0) is 20.4. The molecule has 5 nitrogen and oxygen atoms in total. The molecule has 0 aromatic carbocycles. The number of amides is 1. The Hall–Kier alpha value is -1.75. The van der Waals surface area contributed by atoms with Gasteiger partial charge in [0.15, 0.2) is 11.6 Å². The number of rotatable bonds is 13. The van der Waals surface area contributed by atoms with Crippen LogP contribution in [0.3, 0.4) is 0 Å². The molecule has 1 amide bonds. The molecule has 1 fully saturated rings. The van der Waals surface area contributed by atoms with E-state index in [1.165, 1.54) is 0 Å². The standard InChI is InChI=1S/C22H36N2O3/c1-6-23-21(26)15-24(7-2)14-8-9-20(25)17(5)10-13-19(18-11-12-18)22(27)16(3)4/h8-9,13,16-18H,6-7,10-12,14-15H2,1-5H3,(H,23,26)/b9-8+,19-13+. The van der Waals surface area contributed by atoms with Crippen molar-refractivity contribution in [2.45, 2.75) is 53.9 Å². The van der Waals surface area contributed by atoms with Crippen LogP contribution in [0.5, 0.6) is 0 Å². The minimum atomic E-state index is -0.145. The van der Waals surface area contributed by atoms with Gasteiger partial charge in [-0.3, -0.25) is 19.3 Å². The highest BCUT2D eigenvalue weighted by molar-refractivity contribution is 5.97. The molecule has 0 saturated heterocycles. The Kier molecular flexibility index (Phi) is 10.2. The Labute approximate surface area is 164 Å². The van der Waals surface area contributed by atoms with Crippen molar-refractivity contribution in [3.05, 3.63) is 23.8 Å². The van der Waals surface area contributed by atoms with E-state index in [-0.39, 0.29) is 29.3 Å². The average molecular weight is 377 g/mol. The van der Waals surface area contributed by atoms with Crippen LogP contribution in [0.25, 0.3) is 0 Å². The second-order valence-electron chi connectivity index (χ2n) is 7.68. The lowest BCUT2D eigenvalue weighted by atomic mass is 9.93. The molecule has 1 N–H and O–H groups in total. The molecular weight excluding hydrogens is 340 g/mol. The number of nitrogens with zero attached hydrogens (tertiary/aromatic N) is 1. The van der Waals surface area contributed by atoms with Crippen LogP contribution in [-0.2, 0) is 14.4 Å². The minimum Gasteiger partial charge on any atom is -0.355 e. The van der Waals surface area contributed by atoms with Gasteiger partial charge in [-0.25, -0.2) is 0 Å². The summed E-state index contributed by atoms with van der Waals surface area (Å²) in [5, 5.41) is 2.78. The molecule has 1 saturated carbocycles. The van der Waals surface area contributed by atoms with Gasteiger partial charge in [0.25, 0.3) is 0 Å². The van der Waals surface area contributed by atoms with Gasteiger partial charge in [-0.2, -0.15) is 0 Å². The molecule has 27 heavy (non-hydrogen) atoms. The molecule has 0 heterocycles. The van der Waals surface area contributed by atoms with Gasteiger partial charge in [0, 0.05) is 24.9 Å². The van der Waals surface area contributed by atoms with Crippen molar-refractivity contribution in [2.24, 2.45) is 17.8 Å². The first-order valence-electron chi connectivity index (χ1n) is 10.2. The maximum atomic E-state index is 12.3. The summed E-state index contributed by atoms with van der Waals surface area (Å²) >= 11 is 0. The van der Waals surface area contributed by atoms with E-state index in [2.05, 4.69) is 5.32 Å². The van der Waals surface area contributed by atoms with Gasteiger partial charge >= 0.3 is 0 Å². The maximum absolute atomic E-state index is 12.3. The van der Waals surface area contributed by atoms with Gasteiger partial charge in [-0.15, -0.1) is 0 Å². The fourth-order valence-electron chi connectivity index (χ4n) is 2.86. The zero-order valence-corrected chi connectivity index (χ0v) is 17.6. The number of allylic oxidation sites excluding steroid dienone is 3. The monoisotopic (exact) mass is 376 g/mol. The van der Waals surface area contributed by atoms with Crippen LogP contribution in [-0.4, -0.2) is 48.6 Å². The second-order valence-corrected chi connectivity index (χ2v) is 7.68. The second kappa shape index (κ2) is 11.9. The largest absolute Gasteiger partial charge is 0.355 e. The highest BCUT2D eigenvalue weighted by atomic mass is 16.2. The van der Waals surface area contributed by atoms with E-state index in [4.69, 9.17) is 0 Å². The predicted octanol–water partition coefficient (Wildman–Crippen LogP) is 3.16. The number of Topliss-reactive ketones (excluding diaryl/α,β-unsaturated/α-hetero) is 1. The van der Waals surface area contributed by atoms with E-state index in [0.29, 0.717) is 32.0 Å². The first kappa shape index (κ1) is 23.3. The van der Waals surface area contributed by atoms with Gasteiger partial charge in [0.05, 0.1) is 6.54 Å². The fraction of sp³-hybridized carbons (Fsp3) is 0.682. The van der Waals surface area contributed by atoms with E-state index in [0.717, 1.165) is 25.0 Å². The molecule has 152 valence electrons. The lowest BCUT2D eigenvalue weighted by molar-refractivity contribution is -0.122. The van der Waals surface area contributed by atoms with Crippen molar-refractivity contribution in [3.63, 3.8) is 0 Å². The lowest BCUT2D eigenvalue weighted by Crippen LogP contribution is -2.37. The van der Waals surface area contributed by atoms with Crippen molar-refractivity contribution in [3.8, 4) is 0 Å². The van der Waals surface area contributed by atoms with Crippen molar-refractivity contribution in [1.82, 2.24) is 10.2 Å². The Morgan fingerprint density at radius 3 is 2.33 bits per heavy atom. The third kappa shape index (κ3) is 8.65. The smallest absolute Gasteiger partial charge is 0.234 e. The highest BCUT2D eigenvalue weighted by Gasteiger charge is 2.31. The van der Waals surface area contributed by atoms with Crippen LogP contribution in [0, 0.1) is 17.8 Å². The van der Waals surface area contributed by atoms with Crippen LogP contribution in [0.1, 0.15) is 53.9 Å². The number of carbonyl (C=O) groups excluding carboxylic acids is 3. The molecule has 0 aliphatic heterocycles. The summed E-state index contributed by atoms with van der Waals surface area (Å²) in [5.74, 6) is 0.551. The van der Waals surface area contributed by atoms with Crippen LogP contribution >= 0.6 is 0 Å². The third-order valence-corrected chi connectivity index (χ3v) is 4.84. The third-order valence-electron chi connectivity index (χ3n) is 4.84. The van der Waals surface area contributed by atoms with Crippen LogP contribution in [0.4, 0.5) is 0 Å². The molecule has 1 aliphatic rings. The quantitative estimate of drug-likeness (QED) is 0.502. The number of nitrogens with one attached hydrogen (secondary N) is 1. The van der Waals surface area contributed by atoms with Crippen LogP contribution in [0.15, 0.2) is 23.8 Å². The Balaban J connectivity index is 2.52. The van der Waals surface area contributed by atoms with Gasteiger partial charge in [-0.1, -0.05) is 39.8 Å². The topological polar surface area (TPSA) is 66.5 Å². The van der Waals surface area contributed by atoms with Gasteiger partial charge in [0.1, 0.15) is 0 Å². The van der Waals surface area contributed by atoms with Gasteiger partial charge < -0.3 is 5.32 Å². The summed E-state index contributed by atoms with van der Waals surface area (Å²) in [7, 11) is 0. The summed E-state index contributed by atoms with van der Waals surface area (Å²) in [4.78, 5) is 38.3. The number of hydrogen-bond donors (Lipinski definition) is 1. The Morgan fingerprint density at radius 2 is 1.81 bits per heavy atom. The van der Waals surface area contributed by atoms with Gasteiger partial charge in [-0.05, 0) is 50.3 Å². The molecule has 1 atom stereocenters. The average Bonchev–Trinajstić information content (AvgIpc) is 3.45. The van der Waals surface area contributed by atoms with Crippen molar-refractivity contribution < 1.29 is 14.4 Å². The molecule has 0 aromatic heterocycles. The van der Waals surface area contributed by atoms with Crippen LogP contribution in [0.2, 0.25) is 0 Å². The summed E-state index contributed by atoms with van der Waals surface area (Å²) in [6.07, 6.45) is 8.20. The van der Waals surface area contributed by atoms with Crippen molar-refractivity contribution in [1.29, 1.82) is 0 Å². The predicted molar refractivity (Wildman–Crippen MR) is 109 cm³/mol. The number of hydrogen-bond acceptors (Lipinski definition) is 4. The summed E-state index contributed by atoms with van der Waals surface area (Å²) in [6, 6.07) is 0. The van der Waals surface area contributed by atoms with E-state index in [9.17, 15) is 14.4 Å². The molecule has 1 rings (SSSR count). The summed E-state index contributed by atoms with van der Waals surface area (Å²) in [6.45, 7) is 11.9. The number of carbonyl (C=O) groups is 3.